The molecule has 8 aromatic rings. The van der Waals surface area contributed by atoms with Gasteiger partial charge in [0.2, 0.25) is 0 Å². The predicted molar refractivity (Wildman–Crippen MR) is 160 cm³/mol. The van der Waals surface area contributed by atoms with Crippen LogP contribution in [0.15, 0.2) is 134 Å². The van der Waals surface area contributed by atoms with Gasteiger partial charge in [0.15, 0.2) is 0 Å². The molecule has 0 atom stereocenters. The first-order chi connectivity index (χ1) is 18.9. The Balaban J connectivity index is 1.54. The zero-order valence-corrected chi connectivity index (χ0v) is 20.6. The van der Waals surface area contributed by atoms with E-state index in [-0.39, 0.29) is 0 Å². The van der Waals surface area contributed by atoms with Gasteiger partial charge in [-0.15, -0.1) is 0 Å². The highest BCUT2D eigenvalue weighted by Gasteiger charge is 2.17. The summed E-state index contributed by atoms with van der Waals surface area (Å²) >= 11 is 0. The zero-order valence-electron chi connectivity index (χ0n) is 20.6. The smallest absolute Gasteiger partial charge is 0.0794 e. The summed E-state index contributed by atoms with van der Waals surface area (Å²) in [4.78, 5) is 10.1. The SMILES string of the molecule is c1ccc(-c2ccc(-c3nc4ccccc4c4c3ccc3ccc5cccnc5c34)c3ccccc23)cc1. The van der Waals surface area contributed by atoms with Crippen molar-refractivity contribution in [1.29, 1.82) is 0 Å². The van der Waals surface area contributed by atoms with E-state index < -0.39 is 0 Å². The zero-order chi connectivity index (χ0) is 25.1. The Hall–Kier alpha value is -5.08. The molecule has 2 heterocycles. The number of hydrogen-bond acceptors (Lipinski definition) is 2. The molecule has 0 aliphatic heterocycles. The third kappa shape index (κ3) is 3.07. The van der Waals surface area contributed by atoms with Crippen LogP contribution in [-0.2, 0) is 0 Å². The van der Waals surface area contributed by atoms with Crippen molar-refractivity contribution in [3.05, 3.63) is 134 Å². The molecular formula is C36H22N2. The summed E-state index contributed by atoms with van der Waals surface area (Å²) in [7, 11) is 0. The standard InChI is InChI=1S/C36H22N2/c1-2-9-23(10-3-1)26-20-21-29(28-13-5-4-12-27(26)28)36-31-19-18-24-16-17-25-11-8-22-37-35(25)33(24)34(31)30-14-6-7-15-32(30)38-36/h1-22H. The van der Waals surface area contributed by atoms with Gasteiger partial charge >= 0.3 is 0 Å². The van der Waals surface area contributed by atoms with Gasteiger partial charge in [-0.05, 0) is 39.4 Å². The average Bonchev–Trinajstić information content (AvgIpc) is 3.00. The van der Waals surface area contributed by atoms with Crippen LogP contribution in [0.25, 0.3) is 76.5 Å². The molecule has 0 amide bonds. The van der Waals surface area contributed by atoms with Gasteiger partial charge in [0.25, 0.3) is 0 Å². The molecule has 0 aliphatic rings. The van der Waals surface area contributed by atoms with Crippen LogP contribution in [0.1, 0.15) is 0 Å². The van der Waals surface area contributed by atoms with Crippen molar-refractivity contribution in [2.24, 2.45) is 0 Å². The third-order valence-corrected chi connectivity index (χ3v) is 7.68. The minimum absolute atomic E-state index is 0.992. The second-order valence-corrected chi connectivity index (χ2v) is 9.78. The Morgan fingerprint density at radius 2 is 1.11 bits per heavy atom. The Labute approximate surface area is 219 Å². The topological polar surface area (TPSA) is 25.8 Å². The Morgan fingerprint density at radius 1 is 0.421 bits per heavy atom. The first kappa shape index (κ1) is 21.0. The maximum absolute atomic E-state index is 5.29. The van der Waals surface area contributed by atoms with E-state index in [2.05, 4.69) is 121 Å². The molecular weight excluding hydrogens is 460 g/mol. The fourth-order valence-corrected chi connectivity index (χ4v) is 5.97. The van der Waals surface area contributed by atoms with Crippen molar-refractivity contribution in [2.45, 2.75) is 0 Å². The second-order valence-electron chi connectivity index (χ2n) is 9.78. The molecule has 0 saturated heterocycles. The van der Waals surface area contributed by atoms with Crippen molar-refractivity contribution in [1.82, 2.24) is 9.97 Å². The van der Waals surface area contributed by atoms with Crippen LogP contribution in [0.2, 0.25) is 0 Å². The summed E-state index contributed by atoms with van der Waals surface area (Å²) in [6, 6.07) is 45.2. The van der Waals surface area contributed by atoms with Gasteiger partial charge in [-0.25, -0.2) is 4.98 Å². The van der Waals surface area contributed by atoms with E-state index in [4.69, 9.17) is 9.97 Å². The normalized spacial score (nSPS) is 11.7. The fraction of sp³-hybridized carbons (Fsp3) is 0. The third-order valence-electron chi connectivity index (χ3n) is 7.68. The largest absolute Gasteiger partial charge is 0.256 e. The maximum Gasteiger partial charge on any atom is 0.0794 e. The Kier molecular flexibility index (Phi) is 4.55. The molecule has 0 unspecified atom stereocenters. The van der Waals surface area contributed by atoms with E-state index in [0.717, 1.165) is 38.4 Å². The summed E-state index contributed by atoms with van der Waals surface area (Å²) in [6.45, 7) is 0. The average molecular weight is 483 g/mol. The van der Waals surface area contributed by atoms with Crippen LogP contribution in [0, 0.1) is 0 Å². The van der Waals surface area contributed by atoms with Gasteiger partial charge in [0.05, 0.1) is 16.7 Å². The molecule has 0 bridgehead atoms. The molecule has 0 fully saturated rings. The van der Waals surface area contributed by atoms with E-state index in [1.54, 1.807) is 0 Å². The highest BCUT2D eigenvalue weighted by Crippen LogP contribution is 2.42. The minimum atomic E-state index is 0.992. The van der Waals surface area contributed by atoms with Crippen molar-refractivity contribution in [2.75, 3.05) is 0 Å². The molecule has 0 spiro atoms. The van der Waals surface area contributed by atoms with Crippen LogP contribution < -0.4 is 0 Å². The first-order valence-corrected chi connectivity index (χ1v) is 12.9. The summed E-state index contributed by atoms with van der Waals surface area (Å²) in [5.41, 5.74) is 6.62. The molecule has 2 nitrogen and oxygen atoms in total. The van der Waals surface area contributed by atoms with E-state index in [1.807, 2.05) is 12.3 Å². The van der Waals surface area contributed by atoms with Gasteiger partial charge in [-0.1, -0.05) is 115 Å². The molecule has 6 aromatic carbocycles. The summed E-state index contributed by atoms with van der Waals surface area (Å²) in [5.74, 6) is 0. The minimum Gasteiger partial charge on any atom is -0.256 e. The van der Waals surface area contributed by atoms with Crippen molar-refractivity contribution < 1.29 is 0 Å². The van der Waals surface area contributed by atoms with Crippen LogP contribution in [-0.4, -0.2) is 9.97 Å². The molecule has 0 aliphatic carbocycles. The van der Waals surface area contributed by atoms with Crippen LogP contribution >= 0.6 is 0 Å². The number of nitrogens with zero attached hydrogens (tertiary/aromatic N) is 2. The van der Waals surface area contributed by atoms with Crippen molar-refractivity contribution >= 4 is 54.1 Å². The number of hydrogen-bond donors (Lipinski definition) is 0. The summed E-state index contributed by atoms with van der Waals surface area (Å²) in [5, 5.41) is 9.46. The maximum atomic E-state index is 5.29. The molecule has 2 heteroatoms. The summed E-state index contributed by atoms with van der Waals surface area (Å²) in [6.07, 6.45) is 1.89. The highest BCUT2D eigenvalue weighted by molar-refractivity contribution is 6.28. The molecule has 0 radical (unpaired) electrons. The molecule has 2 aromatic heterocycles. The van der Waals surface area contributed by atoms with E-state index in [1.165, 1.54) is 38.1 Å². The second kappa shape index (κ2) is 8.22. The van der Waals surface area contributed by atoms with Gasteiger partial charge in [0.1, 0.15) is 0 Å². The lowest BCUT2D eigenvalue weighted by Crippen LogP contribution is -1.93. The lowest BCUT2D eigenvalue weighted by molar-refractivity contribution is 1.43. The fourth-order valence-electron chi connectivity index (χ4n) is 5.97. The van der Waals surface area contributed by atoms with Gasteiger partial charge < -0.3 is 0 Å². The number of fused-ring (bicyclic) bond motifs is 8. The monoisotopic (exact) mass is 482 g/mol. The van der Waals surface area contributed by atoms with Gasteiger partial charge in [0, 0.05) is 38.7 Å². The first-order valence-electron chi connectivity index (χ1n) is 12.9. The predicted octanol–water partition coefficient (Wildman–Crippen LogP) is 9.58. The number of pyridine rings is 2. The van der Waals surface area contributed by atoms with E-state index >= 15 is 0 Å². The van der Waals surface area contributed by atoms with Gasteiger partial charge in [-0.2, -0.15) is 0 Å². The number of para-hydroxylation sites is 1. The van der Waals surface area contributed by atoms with Gasteiger partial charge in [-0.3, -0.25) is 4.98 Å². The summed E-state index contributed by atoms with van der Waals surface area (Å²) < 4.78 is 0. The lowest BCUT2D eigenvalue weighted by atomic mass is 9.90. The van der Waals surface area contributed by atoms with E-state index in [9.17, 15) is 0 Å². The molecule has 0 saturated carbocycles. The molecule has 176 valence electrons. The Morgan fingerprint density at radius 3 is 1.97 bits per heavy atom. The number of aromatic nitrogens is 2. The van der Waals surface area contributed by atoms with Crippen LogP contribution in [0.5, 0.6) is 0 Å². The van der Waals surface area contributed by atoms with E-state index in [0.29, 0.717) is 0 Å². The van der Waals surface area contributed by atoms with Crippen LogP contribution in [0.4, 0.5) is 0 Å². The number of rotatable bonds is 2. The molecule has 38 heavy (non-hydrogen) atoms. The molecule has 8 rings (SSSR count). The van der Waals surface area contributed by atoms with Crippen molar-refractivity contribution in [3.63, 3.8) is 0 Å². The molecule has 0 N–H and O–H groups in total. The Bertz CT molecular complexity index is 2180. The van der Waals surface area contributed by atoms with Crippen LogP contribution in [0.3, 0.4) is 0 Å². The highest BCUT2D eigenvalue weighted by atomic mass is 14.7. The lowest BCUT2D eigenvalue weighted by Gasteiger charge is -2.16. The number of benzene rings is 6. The quantitative estimate of drug-likeness (QED) is 0.229. The van der Waals surface area contributed by atoms with Crippen molar-refractivity contribution in [3.8, 4) is 22.4 Å².